The molecule has 0 bridgehead atoms. The molecule has 0 spiro atoms. The number of benzene rings is 1. The standard InChI is InChI=1S/C17H13N5O6/c1-3-27-15-12(28-8(2)23)5-4-9(14(15)22(25)26)13-10(6-18)16(20)21-17(24)11(13)7-19/h4-5H,3H2,1-2H3,(H3,20,21,24). The second-order valence-corrected chi connectivity index (χ2v) is 5.29. The first-order valence-corrected chi connectivity index (χ1v) is 7.75. The van der Waals surface area contributed by atoms with E-state index in [1.54, 1.807) is 19.1 Å². The third kappa shape index (κ3) is 3.45. The summed E-state index contributed by atoms with van der Waals surface area (Å²) < 4.78 is 10.2. The van der Waals surface area contributed by atoms with Crippen molar-refractivity contribution in [1.29, 1.82) is 10.5 Å². The fourth-order valence-electron chi connectivity index (χ4n) is 2.57. The summed E-state index contributed by atoms with van der Waals surface area (Å²) >= 11 is 0. The molecule has 0 aliphatic carbocycles. The van der Waals surface area contributed by atoms with Crippen molar-refractivity contribution in [3.05, 3.63) is 43.7 Å². The smallest absolute Gasteiger partial charge is 0.322 e. The van der Waals surface area contributed by atoms with Crippen LogP contribution in [0.25, 0.3) is 11.1 Å². The molecule has 0 aliphatic heterocycles. The number of hydrogen-bond acceptors (Lipinski definition) is 9. The van der Waals surface area contributed by atoms with E-state index in [0.717, 1.165) is 13.0 Å². The van der Waals surface area contributed by atoms with E-state index in [9.17, 15) is 30.2 Å². The Bertz CT molecular complexity index is 1120. The Labute approximate surface area is 157 Å². The van der Waals surface area contributed by atoms with Crippen molar-refractivity contribution in [2.75, 3.05) is 12.3 Å². The number of nitrogen functional groups attached to an aromatic ring is 1. The van der Waals surface area contributed by atoms with Gasteiger partial charge in [0, 0.05) is 12.5 Å². The highest BCUT2D eigenvalue weighted by atomic mass is 16.6. The summed E-state index contributed by atoms with van der Waals surface area (Å²) in [6, 6.07) is 5.71. The van der Waals surface area contributed by atoms with Crippen LogP contribution in [0.15, 0.2) is 16.9 Å². The van der Waals surface area contributed by atoms with Crippen molar-refractivity contribution in [3.63, 3.8) is 0 Å². The minimum Gasteiger partial charge on any atom is -0.485 e. The van der Waals surface area contributed by atoms with Crippen LogP contribution < -0.4 is 20.8 Å². The monoisotopic (exact) mass is 383 g/mol. The third-order valence-corrected chi connectivity index (χ3v) is 3.56. The predicted octanol–water partition coefficient (Wildman–Crippen LogP) is 1.60. The molecule has 11 heteroatoms. The number of nitriles is 2. The molecule has 11 nitrogen and oxygen atoms in total. The second-order valence-electron chi connectivity index (χ2n) is 5.29. The zero-order valence-corrected chi connectivity index (χ0v) is 14.7. The highest BCUT2D eigenvalue weighted by molar-refractivity contribution is 5.88. The number of nitro groups is 1. The fourth-order valence-corrected chi connectivity index (χ4v) is 2.57. The van der Waals surface area contributed by atoms with E-state index in [2.05, 4.69) is 4.98 Å². The van der Waals surface area contributed by atoms with Gasteiger partial charge >= 0.3 is 11.7 Å². The Kier molecular flexibility index (Phi) is 5.61. The normalized spacial score (nSPS) is 9.86. The highest BCUT2D eigenvalue weighted by Gasteiger charge is 2.31. The molecule has 28 heavy (non-hydrogen) atoms. The highest BCUT2D eigenvalue weighted by Crippen LogP contribution is 2.46. The number of H-pyrrole nitrogens is 1. The second kappa shape index (κ2) is 7.88. The van der Waals surface area contributed by atoms with Gasteiger partial charge in [-0.05, 0) is 19.1 Å². The molecule has 0 saturated heterocycles. The van der Waals surface area contributed by atoms with E-state index in [4.69, 9.17) is 15.2 Å². The Morgan fingerprint density at radius 2 is 1.96 bits per heavy atom. The molecule has 1 heterocycles. The van der Waals surface area contributed by atoms with Gasteiger partial charge in [-0.1, -0.05) is 0 Å². The lowest BCUT2D eigenvalue weighted by molar-refractivity contribution is -0.385. The summed E-state index contributed by atoms with van der Waals surface area (Å²) in [5.74, 6) is -1.69. The molecule has 1 aromatic heterocycles. The molecule has 0 unspecified atom stereocenters. The molecular formula is C17H13N5O6. The van der Waals surface area contributed by atoms with Crippen molar-refractivity contribution in [2.24, 2.45) is 0 Å². The lowest BCUT2D eigenvalue weighted by Crippen LogP contribution is -2.17. The van der Waals surface area contributed by atoms with Gasteiger partial charge in [-0.2, -0.15) is 10.5 Å². The van der Waals surface area contributed by atoms with Crippen molar-refractivity contribution >= 4 is 17.5 Å². The topological polar surface area (TPSA) is 185 Å². The van der Waals surface area contributed by atoms with Crippen molar-refractivity contribution in [2.45, 2.75) is 13.8 Å². The maximum atomic E-state index is 12.1. The molecule has 2 aromatic rings. The number of esters is 1. The summed E-state index contributed by atoms with van der Waals surface area (Å²) in [7, 11) is 0. The number of ether oxygens (including phenoxy) is 2. The first-order chi connectivity index (χ1) is 13.3. The number of nitrogens with zero attached hydrogens (tertiary/aromatic N) is 3. The van der Waals surface area contributed by atoms with Crippen LogP contribution in [-0.2, 0) is 4.79 Å². The molecule has 0 saturated carbocycles. The molecule has 0 atom stereocenters. The van der Waals surface area contributed by atoms with Crippen LogP contribution in [0.5, 0.6) is 11.5 Å². The van der Waals surface area contributed by atoms with Crippen LogP contribution in [0.1, 0.15) is 25.0 Å². The first kappa shape index (κ1) is 19.9. The minimum atomic E-state index is -0.912. The molecule has 3 N–H and O–H groups in total. The summed E-state index contributed by atoms with van der Waals surface area (Å²) in [4.78, 5) is 36.5. The van der Waals surface area contributed by atoms with Gasteiger partial charge in [0.25, 0.3) is 5.56 Å². The summed E-state index contributed by atoms with van der Waals surface area (Å²) in [6.45, 7) is 2.65. The van der Waals surface area contributed by atoms with E-state index in [1.165, 1.54) is 6.07 Å². The number of aromatic nitrogens is 1. The Hall–Kier alpha value is -4.38. The van der Waals surface area contributed by atoms with Gasteiger partial charge in [0.2, 0.25) is 5.75 Å². The predicted molar refractivity (Wildman–Crippen MR) is 95.5 cm³/mol. The van der Waals surface area contributed by atoms with Crippen LogP contribution >= 0.6 is 0 Å². The molecular weight excluding hydrogens is 370 g/mol. The van der Waals surface area contributed by atoms with Gasteiger partial charge in [0.15, 0.2) is 5.75 Å². The molecule has 142 valence electrons. The number of carbonyl (C=O) groups excluding carboxylic acids is 1. The number of aromatic amines is 1. The number of nitrogens with one attached hydrogen (secondary N) is 1. The lowest BCUT2D eigenvalue weighted by atomic mass is 9.94. The van der Waals surface area contributed by atoms with E-state index < -0.39 is 27.7 Å². The largest absolute Gasteiger partial charge is 0.485 e. The number of pyridine rings is 1. The van der Waals surface area contributed by atoms with Gasteiger partial charge in [-0.3, -0.25) is 19.7 Å². The first-order valence-electron chi connectivity index (χ1n) is 7.75. The zero-order valence-electron chi connectivity index (χ0n) is 14.7. The maximum absolute atomic E-state index is 12.1. The van der Waals surface area contributed by atoms with Crippen LogP contribution in [-0.4, -0.2) is 22.5 Å². The Morgan fingerprint density at radius 3 is 2.46 bits per heavy atom. The van der Waals surface area contributed by atoms with E-state index in [1.807, 2.05) is 0 Å². The van der Waals surface area contributed by atoms with Crippen LogP contribution in [0, 0.1) is 32.8 Å². The maximum Gasteiger partial charge on any atom is 0.322 e. The van der Waals surface area contributed by atoms with Crippen molar-refractivity contribution in [1.82, 2.24) is 4.98 Å². The van der Waals surface area contributed by atoms with Gasteiger partial charge in [-0.25, -0.2) is 0 Å². The SMILES string of the molecule is CCOc1c(OC(C)=O)ccc(-c2c(C#N)c(N)[nH]c(=O)c2C#N)c1[N+](=O)[O-]. The number of carbonyl (C=O) groups is 1. The van der Waals surface area contributed by atoms with E-state index in [0.29, 0.717) is 0 Å². The Morgan fingerprint density at radius 1 is 1.32 bits per heavy atom. The average Bonchev–Trinajstić information content (AvgIpc) is 2.61. The van der Waals surface area contributed by atoms with Crippen LogP contribution in [0.4, 0.5) is 11.5 Å². The van der Waals surface area contributed by atoms with Crippen LogP contribution in [0.2, 0.25) is 0 Å². The van der Waals surface area contributed by atoms with Crippen LogP contribution in [0.3, 0.4) is 0 Å². The van der Waals surface area contributed by atoms with Crippen molar-refractivity contribution < 1.29 is 19.2 Å². The molecule has 0 amide bonds. The van der Waals surface area contributed by atoms with E-state index in [-0.39, 0.29) is 40.6 Å². The quantitative estimate of drug-likeness (QED) is 0.335. The minimum absolute atomic E-state index is 0.00765. The third-order valence-electron chi connectivity index (χ3n) is 3.56. The summed E-state index contributed by atoms with van der Waals surface area (Å²) in [6.07, 6.45) is 0. The van der Waals surface area contributed by atoms with Gasteiger partial charge in [0.1, 0.15) is 29.1 Å². The average molecular weight is 383 g/mol. The molecule has 0 radical (unpaired) electrons. The number of anilines is 1. The number of hydrogen-bond donors (Lipinski definition) is 2. The number of nitrogens with two attached hydrogens (primary N) is 1. The molecule has 0 fully saturated rings. The zero-order chi connectivity index (χ0) is 21.0. The molecule has 1 aromatic carbocycles. The summed E-state index contributed by atoms with van der Waals surface area (Å²) in [5, 5.41) is 30.6. The number of rotatable bonds is 5. The van der Waals surface area contributed by atoms with E-state index >= 15 is 0 Å². The lowest BCUT2D eigenvalue weighted by Gasteiger charge is -2.14. The summed E-state index contributed by atoms with van der Waals surface area (Å²) in [5.41, 5.74) is 2.65. The van der Waals surface area contributed by atoms with Gasteiger partial charge in [0.05, 0.1) is 17.1 Å². The molecule has 2 rings (SSSR count). The fraction of sp³-hybridized carbons (Fsp3) is 0.176. The number of nitro benzene ring substituents is 1. The van der Waals surface area contributed by atoms with Gasteiger partial charge in [-0.15, -0.1) is 0 Å². The molecule has 0 aliphatic rings. The van der Waals surface area contributed by atoms with Crippen molar-refractivity contribution in [3.8, 4) is 34.8 Å². The Balaban J connectivity index is 3.04. The van der Waals surface area contributed by atoms with Gasteiger partial charge < -0.3 is 20.2 Å².